The van der Waals surface area contributed by atoms with Crippen LogP contribution in [-0.2, 0) is 13.0 Å². The molecule has 20 heavy (non-hydrogen) atoms. The molecule has 1 atom stereocenters. The Bertz CT molecular complexity index is 529. The van der Waals surface area contributed by atoms with Gasteiger partial charge in [-0.2, -0.15) is 0 Å². The first-order valence-electron chi connectivity index (χ1n) is 7.63. The summed E-state index contributed by atoms with van der Waals surface area (Å²) in [6, 6.07) is 8.36. The van der Waals surface area contributed by atoms with Crippen LogP contribution in [-0.4, -0.2) is 17.8 Å². The van der Waals surface area contributed by atoms with Gasteiger partial charge in [-0.1, -0.05) is 38.5 Å². The first-order valence-corrected chi connectivity index (χ1v) is 7.63. The molecule has 1 heterocycles. The fourth-order valence-electron chi connectivity index (χ4n) is 2.47. The van der Waals surface area contributed by atoms with Crippen LogP contribution < -0.4 is 5.32 Å². The molecule has 0 amide bonds. The lowest BCUT2D eigenvalue weighted by Gasteiger charge is -2.14. The van der Waals surface area contributed by atoms with Crippen LogP contribution in [0.2, 0.25) is 0 Å². The highest BCUT2D eigenvalue weighted by atomic mass is 16.3. The van der Waals surface area contributed by atoms with Gasteiger partial charge in [-0.25, -0.2) is 0 Å². The van der Waals surface area contributed by atoms with Crippen LogP contribution in [0.3, 0.4) is 0 Å². The molecule has 1 aromatic heterocycles. The number of nitrogens with one attached hydrogen (secondary N) is 1. The molecule has 1 aromatic carbocycles. The average molecular weight is 275 g/mol. The third kappa shape index (κ3) is 3.41. The fraction of sp³-hybridized carbons (Fsp3) is 0.529. The van der Waals surface area contributed by atoms with E-state index in [0.717, 1.165) is 43.6 Å². The van der Waals surface area contributed by atoms with Gasteiger partial charge in [0.1, 0.15) is 11.3 Å². The Morgan fingerprint density at radius 1 is 1.25 bits per heavy atom. The number of fused-ring (bicyclic) bond motifs is 1. The molecule has 3 heteroatoms. The lowest BCUT2D eigenvalue weighted by atomic mass is 10.1. The maximum atomic E-state index is 9.29. The Morgan fingerprint density at radius 2 is 2.05 bits per heavy atom. The standard InChI is InChI=1S/C17H25NO2/c1-3-5-9-17-15(11-18-13(4-2)12-19)14-8-6-7-10-16(14)20-17/h6-8,10,13,18-19H,3-5,9,11-12H2,1-2H3/t13-/m1/s1. The number of aliphatic hydroxyl groups is 1. The van der Waals surface area contributed by atoms with Crippen molar-refractivity contribution in [3.8, 4) is 0 Å². The molecule has 2 rings (SSSR count). The molecule has 0 aliphatic heterocycles. The number of hydrogen-bond acceptors (Lipinski definition) is 3. The maximum Gasteiger partial charge on any atom is 0.134 e. The SMILES string of the molecule is CCCCc1oc2ccccc2c1CN[C@H](CC)CO. The average Bonchev–Trinajstić information content (AvgIpc) is 2.84. The van der Waals surface area contributed by atoms with Crippen LogP contribution in [0.25, 0.3) is 11.0 Å². The minimum absolute atomic E-state index is 0.155. The predicted molar refractivity (Wildman–Crippen MR) is 82.8 cm³/mol. The van der Waals surface area contributed by atoms with E-state index < -0.39 is 0 Å². The second-order valence-electron chi connectivity index (χ2n) is 5.27. The summed E-state index contributed by atoms with van der Waals surface area (Å²) in [6.07, 6.45) is 4.22. The molecule has 0 bridgehead atoms. The molecule has 0 fully saturated rings. The number of benzene rings is 1. The third-order valence-corrected chi connectivity index (χ3v) is 3.82. The summed E-state index contributed by atoms with van der Waals surface area (Å²) in [4.78, 5) is 0. The Morgan fingerprint density at radius 3 is 2.75 bits per heavy atom. The fourth-order valence-corrected chi connectivity index (χ4v) is 2.47. The second kappa shape index (κ2) is 7.46. The Labute approximate surface area is 121 Å². The van der Waals surface area contributed by atoms with Gasteiger partial charge in [0.15, 0.2) is 0 Å². The van der Waals surface area contributed by atoms with Crippen LogP contribution in [0, 0.1) is 0 Å². The topological polar surface area (TPSA) is 45.4 Å². The van der Waals surface area contributed by atoms with E-state index >= 15 is 0 Å². The van der Waals surface area contributed by atoms with E-state index in [1.807, 2.05) is 18.2 Å². The molecular formula is C17H25NO2. The molecule has 0 unspecified atom stereocenters. The van der Waals surface area contributed by atoms with E-state index in [1.54, 1.807) is 0 Å². The number of aryl methyl sites for hydroxylation is 1. The Kier molecular flexibility index (Phi) is 5.62. The van der Waals surface area contributed by atoms with E-state index in [-0.39, 0.29) is 12.6 Å². The number of furan rings is 1. The van der Waals surface area contributed by atoms with Crippen molar-refractivity contribution >= 4 is 11.0 Å². The van der Waals surface area contributed by atoms with Gasteiger partial charge in [-0.15, -0.1) is 0 Å². The molecule has 2 N–H and O–H groups in total. The zero-order chi connectivity index (χ0) is 14.4. The largest absolute Gasteiger partial charge is 0.461 e. The van der Waals surface area contributed by atoms with E-state index in [4.69, 9.17) is 4.42 Å². The molecule has 0 radical (unpaired) electrons. The highest BCUT2D eigenvalue weighted by Crippen LogP contribution is 2.27. The van der Waals surface area contributed by atoms with Gasteiger partial charge in [0.25, 0.3) is 0 Å². The smallest absolute Gasteiger partial charge is 0.134 e. The van der Waals surface area contributed by atoms with Crippen molar-refractivity contribution < 1.29 is 9.52 Å². The van der Waals surface area contributed by atoms with Gasteiger partial charge in [-0.3, -0.25) is 0 Å². The Balaban J connectivity index is 2.23. The normalized spacial score (nSPS) is 12.9. The summed E-state index contributed by atoms with van der Waals surface area (Å²) in [5.74, 6) is 1.09. The molecule has 0 aliphatic rings. The van der Waals surface area contributed by atoms with Gasteiger partial charge >= 0.3 is 0 Å². The van der Waals surface area contributed by atoms with Gasteiger partial charge in [0, 0.05) is 30.0 Å². The third-order valence-electron chi connectivity index (χ3n) is 3.82. The molecule has 0 saturated carbocycles. The van der Waals surface area contributed by atoms with Crippen molar-refractivity contribution in [2.24, 2.45) is 0 Å². The second-order valence-corrected chi connectivity index (χ2v) is 5.27. The van der Waals surface area contributed by atoms with E-state index in [0.29, 0.717) is 0 Å². The molecule has 0 aliphatic carbocycles. The summed E-state index contributed by atoms with van der Waals surface area (Å²) in [5, 5.41) is 13.9. The first kappa shape index (κ1) is 15.1. The van der Waals surface area contributed by atoms with Crippen LogP contribution in [0.15, 0.2) is 28.7 Å². The summed E-state index contributed by atoms with van der Waals surface area (Å²) in [7, 11) is 0. The lowest BCUT2D eigenvalue weighted by Crippen LogP contribution is -2.31. The first-order chi connectivity index (χ1) is 9.80. The minimum Gasteiger partial charge on any atom is -0.461 e. The highest BCUT2D eigenvalue weighted by Gasteiger charge is 2.14. The summed E-state index contributed by atoms with van der Waals surface area (Å²) in [5.41, 5.74) is 2.22. The molecule has 2 aromatic rings. The quantitative estimate of drug-likeness (QED) is 0.773. The van der Waals surface area contributed by atoms with Crippen molar-refractivity contribution in [1.29, 1.82) is 0 Å². The summed E-state index contributed by atoms with van der Waals surface area (Å²) >= 11 is 0. The number of aliphatic hydroxyl groups excluding tert-OH is 1. The number of rotatable bonds is 8. The minimum atomic E-state index is 0.155. The van der Waals surface area contributed by atoms with Crippen LogP contribution in [0.1, 0.15) is 44.4 Å². The van der Waals surface area contributed by atoms with Crippen LogP contribution in [0.5, 0.6) is 0 Å². The van der Waals surface area contributed by atoms with Crippen molar-refractivity contribution in [2.45, 2.75) is 52.1 Å². The maximum absolute atomic E-state index is 9.29. The van der Waals surface area contributed by atoms with Crippen molar-refractivity contribution in [1.82, 2.24) is 5.32 Å². The van der Waals surface area contributed by atoms with E-state index in [1.165, 1.54) is 10.9 Å². The molecule has 0 saturated heterocycles. The number of para-hydroxylation sites is 1. The highest BCUT2D eigenvalue weighted by molar-refractivity contribution is 5.82. The molecular weight excluding hydrogens is 250 g/mol. The Hall–Kier alpha value is -1.32. The zero-order valence-electron chi connectivity index (χ0n) is 12.5. The number of unbranched alkanes of at least 4 members (excludes halogenated alkanes) is 1. The summed E-state index contributed by atoms with van der Waals surface area (Å²) < 4.78 is 6.00. The molecule has 3 nitrogen and oxygen atoms in total. The molecule has 110 valence electrons. The predicted octanol–water partition coefficient (Wildman–Crippen LogP) is 3.64. The lowest BCUT2D eigenvalue weighted by molar-refractivity contribution is 0.238. The van der Waals surface area contributed by atoms with Crippen molar-refractivity contribution in [3.63, 3.8) is 0 Å². The van der Waals surface area contributed by atoms with Gasteiger partial charge in [-0.05, 0) is 18.9 Å². The van der Waals surface area contributed by atoms with Gasteiger partial charge in [0.05, 0.1) is 6.61 Å². The van der Waals surface area contributed by atoms with Gasteiger partial charge < -0.3 is 14.8 Å². The summed E-state index contributed by atoms with van der Waals surface area (Å²) in [6.45, 7) is 5.21. The van der Waals surface area contributed by atoms with Crippen LogP contribution >= 0.6 is 0 Å². The monoisotopic (exact) mass is 275 g/mol. The van der Waals surface area contributed by atoms with Crippen LogP contribution in [0.4, 0.5) is 0 Å². The van der Waals surface area contributed by atoms with Gasteiger partial charge in [0.2, 0.25) is 0 Å². The van der Waals surface area contributed by atoms with Crippen molar-refractivity contribution in [3.05, 3.63) is 35.6 Å². The van der Waals surface area contributed by atoms with E-state index in [2.05, 4.69) is 25.2 Å². The number of hydrogen-bond donors (Lipinski definition) is 2. The zero-order valence-corrected chi connectivity index (χ0v) is 12.5. The van der Waals surface area contributed by atoms with E-state index in [9.17, 15) is 5.11 Å². The molecule has 0 spiro atoms. The van der Waals surface area contributed by atoms with Crippen molar-refractivity contribution in [2.75, 3.05) is 6.61 Å².